The number of unbranched alkanes of at least 4 members (excludes halogenated alkanes) is 1. The summed E-state index contributed by atoms with van der Waals surface area (Å²) in [6.07, 6.45) is 0.404. The van der Waals surface area contributed by atoms with Crippen LogP contribution in [0.4, 0.5) is 9.59 Å². The zero-order valence-corrected chi connectivity index (χ0v) is 12.0. The summed E-state index contributed by atoms with van der Waals surface area (Å²) in [6.45, 7) is 5.38. The summed E-state index contributed by atoms with van der Waals surface area (Å²) in [7, 11) is 0. The lowest BCUT2D eigenvalue weighted by molar-refractivity contribution is -0.308. The predicted octanol–water partition coefficient (Wildman–Crippen LogP) is -0.532. The van der Waals surface area contributed by atoms with Gasteiger partial charge in [-0.05, 0) is 40.0 Å². The Balaban J connectivity index is 4.08. The summed E-state index contributed by atoms with van der Waals surface area (Å²) in [4.78, 5) is 32.8. The van der Waals surface area contributed by atoms with E-state index in [1.165, 1.54) is 0 Å². The Bertz CT molecular complexity index is 351. The van der Waals surface area contributed by atoms with Crippen molar-refractivity contribution >= 4 is 18.1 Å². The van der Waals surface area contributed by atoms with E-state index < -0.39 is 29.7 Å². The number of carboxylic acids is 1. The van der Waals surface area contributed by atoms with Crippen molar-refractivity contribution in [3.8, 4) is 0 Å². The van der Waals surface area contributed by atoms with Crippen molar-refractivity contribution in [2.45, 2.75) is 51.7 Å². The van der Waals surface area contributed by atoms with Crippen LogP contribution in [-0.2, 0) is 9.53 Å². The minimum absolute atomic E-state index is 0.183. The van der Waals surface area contributed by atoms with Crippen LogP contribution in [0.5, 0.6) is 0 Å². The number of alkyl carbamates (subject to hydrolysis) is 1. The number of hydrogen-bond donors (Lipinski definition) is 3. The lowest BCUT2D eigenvalue weighted by Crippen LogP contribution is -2.49. The van der Waals surface area contributed by atoms with Crippen LogP contribution in [0.1, 0.15) is 40.0 Å². The van der Waals surface area contributed by atoms with E-state index in [2.05, 4.69) is 10.6 Å². The highest BCUT2D eigenvalue weighted by atomic mass is 16.6. The van der Waals surface area contributed by atoms with E-state index >= 15 is 0 Å². The van der Waals surface area contributed by atoms with Crippen molar-refractivity contribution in [1.29, 1.82) is 0 Å². The number of carboxylic acid groups (broad SMARTS) is 1. The highest BCUT2D eigenvalue weighted by Gasteiger charge is 2.19. The summed E-state index contributed by atoms with van der Waals surface area (Å²) in [5.41, 5.74) is 4.18. The number of rotatable bonds is 7. The smallest absolute Gasteiger partial charge is 0.408 e. The Morgan fingerprint density at radius 2 is 1.85 bits per heavy atom. The van der Waals surface area contributed by atoms with Crippen LogP contribution >= 0.6 is 0 Å². The molecule has 1 atom stereocenters. The van der Waals surface area contributed by atoms with Gasteiger partial charge in [-0.2, -0.15) is 0 Å². The van der Waals surface area contributed by atoms with Gasteiger partial charge in [0.15, 0.2) is 0 Å². The second kappa shape index (κ2) is 8.23. The summed E-state index contributed by atoms with van der Waals surface area (Å²) >= 11 is 0. The molecule has 0 aromatic carbocycles. The largest absolute Gasteiger partial charge is 0.548 e. The number of ether oxygens (including phenoxy) is 1. The highest BCUT2D eigenvalue weighted by molar-refractivity contribution is 5.78. The molecule has 0 aliphatic rings. The van der Waals surface area contributed by atoms with Crippen molar-refractivity contribution in [1.82, 2.24) is 10.6 Å². The quantitative estimate of drug-likeness (QED) is 0.541. The molecular formula is C12H22N3O5-. The number of amides is 3. The number of carbonyl (C=O) groups is 3. The molecule has 3 amide bonds. The van der Waals surface area contributed by atoms with Crippen LogP contribution in [0.2, 0.25) is 0 Å². The second-order valence-corrected chi connectivity index (χ2v) is 5.30. The number of nitrogens with two attached hydrogens (primary N) is 1. The Morgan fingerprint density at radius 1 is 1.25 bits per heavy atom. The topological polar surface area (TPSA) is 134 Å². The number of aliphatic carboxylic acids is 1. The van der Waals surface area contributed by atoms with Crippen molar-refractivity contribution in [3.05, 3.63) is 0 Å². The third-order valence-corrected chi connectivity index (χ3v) is 2.19. The normalized spacial score (nSPS) is 12.3. The lowest BCUT2D eigenvalue weighted by Gasteiger charge is -2.24. The average molecular weight is 288 g/mol. The Hall–Kier alpha value is -1.99. The first-order valence-electron chi connectivity index (χ1n) is 6.35. The molecule has 20 heavy (non-hydrogen) atoms. The average Bonchev–Trinajstić information content (AvgIpc) is 2.23. The molecule has 0 spiro atoms. The summed E-state index contributed by atoms with van der Waals surface area (Å²) in [5.74, 6) is -1.38. The molecule has 116 valence electrons. The lowest BCUT2D eigenvalue weighted by atomic mass is 10.1. The summed E-state index contributed by atoms with van der Waals surface area (Å²) in [5, 5.41) is 15.5. The van der Waals surface area contributed by atoms with Gasteiger partial charge in [-0.3, -0.25) is 0 Å². The molecule has 0 aliphatic carbocycles. The first-order chi connectivity index (χ1) is 9.11. The maximum Gasteiger partial charge on any atom is 0.408 e. The number of carbonyl (C=O) groups excluding carboxylic acids is 3. The van der Waals surface area contributed by atoms with Crippen molar-refractivity contribution in [3.63, 3.8) is 0 Å². The first kappa shape index (κ1) is 18.0. The van der Waals surface area contributed by atoms with Crippen LogP contribution in [0.15, 0.2) is 0 Å². The van der Waals surface area contributed by atoms with Gasteiger partial charge in [0, 0.05) is 6.54 Å². The van der Waals surface area contributed by atoms with E-state index in [9.17, 15) is 19.5 Å². The van der Waals surface area contributed by atoms with Crippen LogP contribution < -0.4 is 21.5 Å². The van der Waals surface area contributed by atoms with Crippen LogP contribution in [0, 0.1) is 0 Å². The van der Waals surface area contributed by atoms with E-state index in [1.807, 2.05) is 0 Å². The fourth-order valence-corrected chi connectivity index (χ4v) is 1.38. The minimum Gasteiger partial charge on any atom is -0.548 e. The van der Waals surface area contributed by atoms with E-state index in [1.54, 1.807) is 20.8 Å². The molecule has 0 aliphatic heterocycles. The predicted molar refractivity (Wildman–Crippen MR) is 69.6 cm³/mol. The monoisotopic (exact) mass is 288 g/mol. The molecule has 8 nitrogen and oxygen atoms in total. The first-order valence-corrected chi connectivity index (χ1v) is 6.35. The zero-order chi connectivity index (χ0) is 15.8. The van der Waals surface area contributed by atoms with E-state index in [4.69, 9.17) is 10.5 Å². The third kappa shape index (κ3) is 9.98. The fourth-order valence-electron chi connectivity index (χ4n) is 1.38. The molecular weight excluding hydrogens is 266 g/mol. The molecule has 0 rings (SSSR count). The maximum absolute atomic E-state index is 11.5. The third-order valence-electron chi connectivity index (χ3n) is 2.19. The van der Waals surface area contributed by atoms with E-state index in [0.717, 1.165) is 0 Å². The molecule has 4 N–H and O–H groups in total. The number of urea groups is 1. The molecule has 0 aromatic rings. The Morgan fingerprint density at radius 3 is 2.30 bits per heavy atom. The van der Waals surface area contributed by atoms with E-state index in [0.29, 0.717) is 19.4 Å². The molecule has 0 radical (unpaired) electrons. The Kier molecular flexibility index (Phi) is 7.42. The van der Waals surface area contributed by atoms with Gasteiger partial charge in [0.05, 0.1) is 12.0 Å². The van der Waals surface area contributed by atoms with Crippen LogP contribution in [-0.4, -0.2) is 36.3 Å². The van der Waals surface area contributed by atoms with Crippen LogP contribution in [0.3, 0.4) is 0 Å². The van der Waals surface area contributed by atoms with Gasteiger partial charge in [-0.25, -0.2) is 9.59 Å². The zero-order valence-electron chi connectivity index (χ0n) is 12.0. The Labute approximate surface area is 118 Å². The van der Waals surface area contributed by atoms with Gasteiger partial charge in [0.1, 0.15) is 5.60 Å². The van der Waals surface area contributed by atoms with Gasteiger partial charge in [-0.1, -0.05) is 0 Å². The fraction of sp³-hybridized carbons (Fsp3) is 0.750. The molecule has 0 bridgehead atoms. The standard InChI is InChI=1S/C12H23N3O5/c1-12(2,3)20-11(19)15-8(9(16)17)6-4-5-7-14-10(13)18/h8H,4-7H2,1-3H3,(H,15,19)(H,16,17)(H3,13,14,18)/p-1/t8-/m1/s1. The van der Waals surface area contributed by atoms with Crippen molar-refractivity contribution in [2.24, 2.45) is 5.73 Å². The van der Waals surface area contributed by atoms with Crippen LogP contribution in [0.25, 0.3) is 0 Å². The van der Waals surface area contributed by atoms with Gasteiger partial charge < -0.3 is 31.0 Å². The summed E-state index contributed by atoms with van der Waals surface area (Å²) < 4.78 is 4.96. The minimum atomic E-state index is -1.38. The molecule has 0 heterocycles. The molecule has 0 unspecified atom stereocenters. The molecule has 0 saturated carbocycles. The highest BCUT2D eigenvalue weighted by Crippen LogP contribution is 2.08. The van der Waals surface area contributed by atoms with Gasteiger partial charge in [-0.15, -0.1) is 0 Å². The van der Waals surface area contributed by atoms with Gasteiger partial charge >= 0.3 is 12.1 Å². The number of nitrogens with one attached hydrogen (secondary N) is 2. The molecule has 0 saturated heterocycles. The summed E-state index contributed by atoms with van der Waals surface area (Å²) in [6, 6.07) is -1.76. The number of primary amides is 1. The van der Waals surface area contributed by atoms with Crippen molar-refractivity contribution < 1.29 is 24.2 Å². The van der Waals surface area contributed by atoms with Crippen molar-refractivity contribution in [2.75, 3.05) is 6.54 Å². The van der Waals surface area contributed by atoms with Gasteiger partial charge in [0.25, 0.3) is 0 Å². The molecule has 8 heteroatoms. The second-order valence-electron chi connectivity index (χ2n) is 5.30. The molecule has 0 aromatic heterocycles. The van der Waals surface area contributed by atoms with Gasteiger partial charge in [0.2, 0.25) is 0 Å². The molecule has 0 fully saturated rings. The maximum atomic E-state index is 11.5. The van der Waals surface area contributed by atoms with E-state index in [-0.39, 0.29) is 6.42 Å². The SMILES string of the molecule is CC(C)(C)OC(=O)N[C@H](CCCCNC(N)=O)C(=O)[O-]. The number of hydrogen-bond acceptors (Lipinski definition) is 5.